The fourth-order valence-corrected chi connectivity index (χ4v) is 4.94. The van der Waals surface area contributed by atoms with E-state index in [0.29, 0.717) is 17.9 Å². The summed E-state index contributed by atoms with van der Waals surface area (Å²) in [6.45, 7) is 4.23. The van der Waals surface area contributed by atoms with Crippen LogP contribution in [0, 0.1) is 13.8 Å². The zero-order valence-corrected chi connectivity index (χ0v) is 16.5. The van der Waals surface area contributed by atoms with Gasteiger partial charge in [-0.1, -0.05) is 42.5 Å². The van der Waals surface area contributed by atoms with E-state index in [-0.39, 0.29) is 0 Å². The summed E-state index contributed by atoms with van der Waals surface area (Å²) in [5.74, 6) is 0. The standard InChI is InChI=1S/C20H22N2O2S2/c1-15-7-6-10-18(13-15)26(23,24)21-12-11-20-22-16(2)19(25-20)14-17-8-4-3-5-9-17/h3-10,13,21H,11-12,14H2,1-2H3. The summed E-state index contributed by atoms with van der Waals surface area (Å²) in [5, 5.41) is 0.959. The molecule has 1 N–H and O–H groups in total. The first-order chi connectivity index (χ1) is 12.4. The van der Waals surface area contributed by atoms with Gasteiger partial charge in [0.1, 0.15) is 0 Å². The van der Waals surface area contributed by atoms with Crippen LogP contribution in [0.2, 0.25) is 0 Å². The smallest absolute Gasteiger partial charge is 0.240 e. The van der Waals surface area contributed by atoms with Gasteiger partial charge in [0.25, 0.3) is 0 Å². The van der Waals surface area contributed by atoms with Gasteiger partial charge in [-0.25, -0.2) is 18.1 Å². The Balaban J connectivity index is 1.61. The zero-order valence-electron chi connectivity index (χ0n) is 14.9. The molecule has 0 aliphatic rings. The molecule has 0 aliphatic carbocycles. The third kappa shape index (κ3) is 4.78. The zero-order chi connectivity index (χ0) is 18.6. The third-order valence-corrected chi connectivity index (χ3v) is 6.75. The second-order valence-corrected chi connectivity index (χ2v) is 9.18. The molecule has 0 spiro atoms. The Hall–Kier alpha value is -2.02. The molecule has 0 atom stereocenters. The van der Waals surface area contributed by atoms with Crippen molar-refractivity contribution in [3.63, 3.8) is 0 Å². The van der Waals surface area contributed by atoms with Crippen molar-refractivity contribution >= 4 is 21.4 Å². The van der Waals surface area contributed by atoms with Crippen LogP contribution in [0.4, 0.5) is 0 Å². The average molecular weight is 387 g/mol. The Morgan fingerprint density at radius 1 is 1.04 bits per heavy atom. The van der Waals surface area contributed by atoms with Gasteiger partial charge in [-0.2, -0.15) is 0 Å². The lowest BCUT2D eigenvalue weighted by molar-refractivity contribution is 0.581. The third-order valence-electron chi connectivity index (χ3n) is 4.08. The number of sulfonamides is 1. The van der Waals surface area contributed by atoms with Crippen LogP contribution in [0.25, 0.3) is 0 Å². The van der Waals surface area contributed by atoms with Crippen LogP contribution in [0.3, 0.4) is 0 Å². The lowest BCUT2D eigenvalue weighted by atomic mass is 10.1. The molecule has 6 heteroatoms. The van der Waals surface area contributed by atoms with E-state index in [2.05, 4.69) is 21.8 Å². The monoisotopic (exact) mass is 386 g/mol. The summed E-state index contributed by atoms with van der Waals surface area (Å²) in [4.78, 5) is 6.13. The highest BCUT2D eigenvalue weighted by Crippen LogP contribution is 2.22. The molecular formula is C20H22N2O2S2. The van der Waals surface area contributed by atoms with E-state index in [1.54, 1.807) is 29.5 Å². The van der Waals surface area contributed by atoms with Crippen LogP contribution in [0.15, 0.2) is 59.5 Å². The summed E-state index contributed by atoms with van der Waals surface area (Å²) in [5.41, 5.74) is 3.20. The van der Waals surface area contributed by atoms with Gasteiger partial charge in [-0.15, -0.1) is 11.3 Å². The molecular weight excluding hydrogens is 364 g/mol. The summed E-state index contributed by atoms with van der Waals surface area (Å²) in [6.07, 6.45) is 1.45. The van der Waals surface area contributed by atoms with E-state index in [1.807, 2.05) is 38.1 Å². The van der Waals surface area contributed by atoms with Crippen molar-refractivity contribution in [3.8, 4) is 0 Å². The van der Waals surface area contributed by atoms with Gasteiger partial charge in [-0.05, 0) is 37.1 Å². The Morgan fingerprint density at radius 2 is 1.81 bits per heavy atom. The van der Waals surface area contributed by atoms with E-state index >= 15 is 0 Å². The van der Waals surface area contributed by atoms with Gasteiger partial charge in [0.15, 0.2) is 0 Å². The first-order valence-corrected chi connectivity index (χ1v) is 10.8. The van der Waals surface area contributed by atoms with Crippen molar-refractivity contribution < 1.29 is 8.42 Å². The van der Waals surface area contributed by atoms with Gasteiger partial charge in [0, 0.05) is 24.3 Å². The number of rotatable bonds is 7. The highest BCUT2D eigenvalue weighted by molar-refractivity contribution is 7.89. The maximum atomic E-state index is 12.4. The minimum Gasteiger partial charge on any atom is -0.246 e. The van der Waals surface area contributed by atoms with Gasteiger partial charge >= 0.3 is 0 Å². The number of nitrogens with zero attached hydrogens (tertiary/aromatic N) is 1. The molecule has 0 amide bonds. The van der Waals surface area contributed by atoms with E-state index < -0.39 is 10.0 Å². The quantitative estimate of drug-likeness (QED) is 0.670. The topological polar surface area (TPSA) is 59.1 Å². The number of hydrogen-bond donors (Lipinski definition) is 1. The van der Waals surface area contributed by atoms with Gasteiger partial charge < -0.3 is 0 Å². The number of hydrogen-bond acceptors (Lipinski definition) is 4. The molecule has 3 rings (SSSR count). The van der Waals surface area contributed by atoms with Crippen molar-refractivity contribution in [2.45, 2.75) is 31.6 Å². The molecule has 1 aromatic heterocycles. The number of aryl methyl sites for hydroxylation is 2. The minimum absolute atomic E-state index is 0.303. The molecule has 0 aliphatic heterocycles. The number of benzene rings is 2. The molecule has 0 radical (unpaired) electrons. The minimum atomic E-state index is -3.48. The normalized spacial score (nSPS) is 11.6. The van der Waals surface area contributed by atoms with Crippen molar-refractivity contribution in [2.75, 3.05) is 6.54 Å². The Kier molecular flexibility index (Phi) is 5.86. The van der Waals surface area contributed by atoms with E-state index in [0.717, 1.165) is 22.7 Å². The maximum absolute atomic E-state index is 12.4. The molecule has 0 fully saturated rings. The number of aromatic nitrogens is 1. The molecule has 0 saturated carbocycles. The van der Waals surface area contributed by atoms with Crippen LogP contribution >= 0.6 is 11.3 Å². The average Bonchev–Trinajstić information content (AvgIpc) is 2.95. The Labute approximate surface area is 159 Å². The van der Waals surface area contributed by atoms with Crippen LogP contribution in [-0.4, -0.2) is 19.9 Å². The predicted molar refractivity (Wildman–Crippen MR) is 106 cm³/mol. The second kappa shape index (κ2) is 8.12. The molecule has 3 aromatic rings. The fourth-order valence-electron chi connectivity index (χ4n) is 2.70. The largest absolute Gasteiger partial charge is 0.246 e. The van der Waals surface area contributed by atoms with Crippen molar-refractivity contribution in [2.24, 2.45) is 0 Å². The lowest BCUT2D eigenvalue weighted by Crippen LogP contribution is -2.26. The summed E-state index contributed by atoms with van der Waals surface area (Å²) < 4.78 is 27.4. The molecule has 136 valence electrons. The molecule has 0 saturated heterocycles. The van der Waals surface area contributed by atoms with Crippen LogP contribution < -0.4 is 4.72 Å². The van der Waals surface area contributed by atoms with E-state index in [9.17, 15) is 8.42 Å². The predicted octanol–water partition coefficient (Wildman–Crippen LogP) is 3.87. The molecule has 26 heavy (non-hydrogen) atoms. The van der Waals surface area contributed by atoms with E-state index in [1.165, 1.54) is 10.4 Å². The molecule has 1 heterocycles. The number of thiazole rings is 1. The van der Waals surface area contributed by atoms with Crippen LogP contribution in [0.1, 0.15) is 26.7 Å². The highest BCUT2D eigenvalue weighted by Gasteiger charge is 2.14. The number of nitrogens with one attached hydrogen (secondary N) is 1. The molecule has 0 bridgehead atoms. The maximum Gasteiger partial charge on any atom is 0.240 e. The highest BCUT2D eigenvalue weighted by atomic mass is 32.2. The SMILES string of the molecule is Cc1cccc(S(=O)(=O)NCCc2nc(C)c(Cc3ccccc3)s2)c1. The fraction of sp³-hybridized carbons (Fsp3) is 0.250. The summed E-state index contributed by atoms with van der Waals surface area (Å²) >= 11 is 1.66. The summed E-state index contributed by atoms with van der Waals surface area (Å²) in [6, 6.07) is 17.2. The van der Waals surface area contributed by atoms with Crippen molar-refractivity contribution in [3.05, 3.63) is 81.3 Å². The lowest BCUT2D eigenvalue weighted by Gasteiger charge is -2.06. The first kappa shape index (κ1) is 18.8. The molecule has 4 nitrogen and oxygen atoms in total. The van der Waals surface area contributed by atoms with Crippen molar-refractivity contribution in [1.82, 2.24) is 9.71 Å². The Morgan fingerprint density at radius 3 is 2.54 bits per heavy atom. The van der Waals surface area contributed by atoms with Crippen molar-refractivity contribution in [1.29, 1.82) is 0 Å². The van der Waals surface area contributed by atoms with Gasteiger partial charge in [0.2, 0.25) is 10.0 Å². The van der Waals surface area contributed by atoms with Gasteiger partial charge in [-0.3, -0.25) is 0 Å². The first-order valence-electron chi connectivity index (χ1n) is 8.49. The molecule has 0 unspecified atom stereocenters. The molecule has 2 aromatic carbocycles. The second-order valence-electron chi connectivity index (χ2n) is 6.24. The van der Waals surface area contributed by atoms with Gasteiger partial charge in [0.05, 0.1) is 15.6 Å². The van der Waals surface area contributed by atoms with Crippen LogP contribution in [-0.2, 0) is 22.9 Å². The van der Waals surface area contributed by atoms with Crippen LogP contribution in [0.5, 0.6) is 0 Å². The summed E-state index contributed by atoms with van der Waals surface area (Å²) in [7, 11) is -3.48. The Bertz CT molecular complexity index is 980. The van der Waals surface area contributed by atoms with E-state index in [4.69, 9.17) is 0 Å².